The summed E-state index contributed by atoms with van der Waals surface area (Å²) in [6.45, 7) is 0.00638. The van der Waals surface area contributed by atoms with Gasteiger partial charge >= 0.3 is 0 Å². The van der Waals surface area contributed by atoms with Gasteiger partial charge in [-0.05, 0) is 24.3 Å². The van der Waals surface area contributed by atoms with E-state index < -0.39 is 17.5 Å². The van der Waals surface area contributed by atoms with Crippen LogP contribution in [0.25, 0.3) is 11.3 Å². The Morgan fingerprint density at radius 1 is 1.11 bits per heavy atom. The Morgan fingerprint density at radius 3 is 2.57 bits per heavy atom. The van der Waals surface area contributed by atoms with Gasteiger partial charge in [0.05, 0.1) is 11.3 Å². The van der Waals surface area contributed by atoms with Gasteiger partial charge in [0.15, 0.2) is 5.13 Å². The molecule has 2 aromatic carbocycles. The van der Waals surface area contributed by atoms with E-state index in [-0.39, 0.29) is 24.4 Å². The number of halogens is 3. The molecule has 0 atom stereocenters. The molecule has 1 aromatic heterocycles. The molecule has 0 saturated heterocycles. The standard InChI is InChI=1S/C19H14BrF2N3O2S/c20-12-3-1-11(2-4-12)16-10-28-19(24-16)25-17(26)7-8-23-18(27)14-6-5-13(21)9-15(14)22/h1-6,9-10H,7-8H2,(H,23,27)(H,24,25,26). The number of thiazole rings is 1. The normalized spacial score (nSPS) is 10.5. The average Bonchev–Trinajstić information content (AvgIpc) is 3.10. The van der Waals surface area contributed by atoms with Gasteiger partial charge in [0.25, 0.3) is 5.91 Å². The average molecular weight is 466 g/mol. The van der Waals surface area contributed by atoms with Gasteiger partial charge in [-0.15, -0.1) is 11.3 Å². The Hall–Kier alpha value is -2.65. The number of amides is 2. The molecule has 0 aliphatic rings. The molecule has 0 fully saturated rings. The summed E-state index contributed by atoms with van der Waals surface area (Å²) in [5.41, 5.74) is 1.39. The van der Waals surface area contributed by atoms with Gasteiger partial charge in [-0.3, -0.25) is 9.59 Å². The zero-order valence-electron chi connectivity index (χ0n) is 14.3. The predicted molar refractivity (Wildman–Crippen MR) is 107 cm³/mol. The van der Waals surface area contributed by atoms with Crippen LogP contribution in [-0.2, 0) is 4.79 Å². The molecule has 3 rings (SSSR count). The number of hydrogen-bond donors (Lipinski definition) is 2. The molecule has 0 aliphatic carbocycles. The summed E-state index contributed by atoms with van der Waals surface area (Å²) < 4.78 is 27.4. The summed E-state index contributed by atoms with van der Waals surface area (Å²) >= 11 is 4.66. The van der Waals surface area contributed by atoms with Gasteiger partial charge in [0, 0.05) is 34.4 Å². The molecule has 28 heavy (non-hydrogen) atoms. The monoisotopic (exact) mass is 465 g/mol. The molecule has 3 aromatic rings. The highest BCUT2D eigenvalue weighted by Crippen LogP contribution is 2.26. The Kier molecular flexibility index (Phi) is 6.48. The molecular weight excluding hydrogens is 452 g/mol. The van der Waals surface area contributed by atoms with Crippen LogP contribution in [-0.4, -0.2) is 23.3 Å². The fraction of sp³-hybridized carbons (Fsp3) is 0.105. The summed E-state index contributed by atoms with van der Waals surface area (Å²) in [6, 6.07) is 10.3. The SMILES string of the molecule is O=C(CCNC(=O)c1ccc(F)cc1F)Nc1nc(-c2ccc(Br)cc2)cs1. The summed E-state index contributed by atoms with van der Waals surface area (Å²) in [5.74, 6) is -2.77. The first-order valence-electron chi connectivity index (χ1n) is 8.17. The summed E-state index contributed by atoms with van der Waals surface area (Å²) in [6.07, 6.45) is -0.0122. The van der Waals surface area contributed by atoms with E-state index in [1.165, 1.54) is 11.3 Å². The van der Waals surface area contributed by atoms with E-state index in [1.54, 1.807) is 0 Å². The van der Waals surface area contributed by atoms with E-state index in [0.29, 0.717) is 11.2 Å². The topological polar surface area (TPSA) is 71.1 Å². The quantitative estimate of drug-likeness (QED) is 0.558. The fourth-order valence-corrected chi connectivity index (χ4v) is 3.32. The molecule has 0 radical (unpaired) electrons. The third kappa shape index (κ3) is 5.20. The first kappa shape index (κ1) is 20.1. The summed E-state index contributed by atoms with van der Waals surface area (Å²) in [4.78, 5) is 28.2. The van der Waals surface area contributed by atoms with Crippen LogP contribution >= 0.6 is 27.3 Å². The molecule has 0 spiro atoms. The highest BCUT2D eigenvalue weighted by Gasteiger charge is 2.13. The minimum atomic E-state index is -0.954. The third-order valence-corrected chi connectivity index (χ3v) is 4.99. The van der Waals surface area contributed by atoms with Crippen molar-refractivity contribution in [2.24, 2.45) is 0 Å². The number of carbonyl (C=O) groups excluding carboxylic acids is 2. The number of nitrogens with zero attached hydrogens (tertiary/aromatic N) is 1. The minimum Gasteiger partial charge on any atom is -0.351 e. The Balaban J connectivity index is 1.49. The largest absolute Gasteiger partial charge is 0.351 e. The van der Waals surface area contributed by atoms with Gasteiger partial charge in [-0.25, -0.2) is 13.8 Å². The first-order valence-corrected chi connectivity index (χ1v) is 9.84. The van der Waals surface area contributed by atoms with Crippen molar-refractivity contribution in [3.05, 3.63) is 69.5 Å². The van der Waals surface area contributed by atoms with Crippen LogP contribution < -0.4 is 10.6 Å². The van der Waals surface area contributed by atoms with E-state index in [4.69, 9.17) is 0 Å². The smallest absolute Gasteiger partial charge is 0.254 e. The van der Waals surface area contributed by atoms with E-state index in [1.807, 2.05) is 29.6 Å². The van der Waals surface area contributed by atoms with Crippen molar-refractivity contribution in [2.45, 2.75) is 6.42 Å². The third-order valence-electron chi connectivity index (χ3n) is 3.70. The Bertz CT molecular complexity index is 1010. The number of benzene rings is 2. The number of carbonyl (C=O) groups is 2. The second-order valence-corrected chi connectivity index (χ2v) is 7.50. The summed E-state index contributed by atoms with van der Waals surface area (Å²) in [5, 5.41) is 7.36. The predicted octanol–water partition coefficient (Wildman–Crippen LogP) is 4.61. The van der Waals surface area contributed by atoms with Crippen molar-refractivity contribution in [3.63, 3.8) is 0 Å². The second-order valence-electron chi connectivity index (χ2n) is 5.72. The molecule has 5 nitrogen and oxygen atoms in total. The maximum absolute atomic E-state index is 13.5. The summed E-state index contributed by atoms with van der Waals surface area (Å²) in [7, 11) is 0. The van der Waals surface area contributed by atoms with Crippen molar-refractivity contribution in [3.8, 4) is 11.3 Å². The van der Waals surface area contributed by atoms with Crippen LogP contribution in [0.1, 0.15) is 16.8 Å². The van der Waals surface area contributed by atoms with Crippen LogP contribution in [0, 0.1) is 11.6 Å². The van der Waals surface area contributed by atoms with Crippen molar-refractivity contribution >= 4 is 44.2 Å². The molecule has 2 N–H and O–H groups in total. The number of rotatable bonds is 6. The Morgan fingerprint density at radius 2 is 1.86 bits per heavy atom. The molecule has 9 heteroatoms. The molecule has 1 heterocycles. The number of anilines is 1. The molecule has 0 aliphatic heterocycles. The van der Waals surface area contributed by atoms with Crippen molar-refractivity contribution in [2.75, 3.05) is 11.9 Å². The van der Waals surface area contributed by atoms with Crippen LogP contribution in [0.15, 0.2) is 52.3 Å². The van der Waals surface area contributed by atoms with Crippen LogP contribution in [0.5, 0.6) is 0 Å². The van der Waals surface area contributed by atoms with Gasteiger partial charge in [0.2, 0.25) is 5.91 Å². The van der Waals surface area contributed by atoms with E-state index in [9.17, 15) is 18.4 Å². The highest BCUT2D eigenvalue weighted by molar-refractivity contribution is 9.10. The second kappa shape index (κ2) is 9.03. The van der Waals surface area contributed by atoms with E-state index in [2.05, 4.69) is 31.5 Å². The number of aromatic nitrogens is 1. The zero-order valence-corrected chi connectivity index (χ0v) is 16.7. The van der Waals surface area contributed by atoms with Gasteiger partial charge in [-0.2, -0.15) is 0 Å². The van der Waals surface area contributed by atoms with Gasteiger partial charge in [-0.1, -0.05) is 28.1 Å². The first-order chi connectivity index (χ1) is 13.4. The van der Waals surface area contributed by atoms with Crippen LogP contribution in [0.2, 0.25) is 0 Å². The number of nitrogens with one attached hydrogen (secondary N) is 2. The maximum Gasteiger partial charge on any atom is 0.254 e. The van der Waals surface area contributed by atoms with Crippen LogP contribution in [0.4, 0.5) is 13.9 Å². The van der Waals surface area contributed by atoms with Crippen molar-refractivity contribution in [1.82, 2.24) is 10.3 Å². The lowest BCUT2D eigenvalue weighted by Gasteiger charge is -2.06. The van der Waals surface area contributed by atoms with E-state index >= 15 is 0 Å². The molecule has 0 bridgehead atoms. The number of hydrogen-bond acceptors (Lipinski definition) is 4. The maximum atomic E-state index is 13.5. The van der Waals surface area contributed by atoms with Gasteiger partial charge < -0.3 is 10.6 Å². The Labute approximate surface area is 171 Å². The lowest BCUT2D eigenvalue weighted by Crippen LogP contribution is -2.28. The van der Waals surface area contributed by atoms with Crippen molar-refractivity contribution < 1.29 is 18.4 Å². The molecule has 0 unspecified atom stereocenters. The fourth-order valence-electron chi connectivity index (χ4n) is 2.32. The molecule has 2 amide bonds. The zero-order chi connectivity index (χ0) is 20.1. The lowest BCUT2D eigenvalue weighted by atomic mass is 10.2. The molecular formula is C19H14BrF2N3O2S. The van der Waals surface area contributed by atoms with Crippen molar-refractivity contribution in [1.29, 1.82) is 0 Å². The lowest BCUT2D eigenvalue weighted by molar-refractivity contribution is -0.116. The van der Waals surface area contributed by atoms with E-state index in [0.717, 1.165) is 27.9 Å². The van der Waals surface area contributed by atoms with Crippen LogP contribution in [0.3, 0.4) is 0 Å². The minimum absolute atomic E-state index is 0.00638. The highest BCUT2D eigenvalue weighted by atomic mass is 79.9. The molecule has 0 saturated carbocycles. The molecule has 144 valence electrons. The van der Waals surface area contributed by atoms with Gasteiger partial charge in [0.1, 0.15) is 11.6 Å².